The van der Waals surface area contributed by atoms with E-state index in [1.807, 2.05) is 36.4 Å². The third-order valence-corrected chi connectivity index (χ3v) is 18.8. The Hall–Kier alpha value is -3.70. The third kappa shape index (κ3) is 7.26. The van der Waals surface area contributed by atoms with Crippen molar-refractivity contribution in [1.82, 2.24) is 0 Å². The van der Waals surface area contributed by atoms with Crippen molar-refractivity contribution in [2.24, 2.45) is 0 Å². The largest absolute Gasteiger partial charge is 0.543 e. The van der Waals surface area contributed by atoms with E-state index in [1.54, 1.807) is 0 Å². The molecule has 1 atom stereocenters. The number of methoxy groups -OCH3 is 1. The van der Waals surface area contributed by atoms with Gasteiger partial charge in [-0.3, -0.25) is 0 Å². The molecule has 0 saturated carbocycles. The van der Waals surface area contributed by atoms with Gasteiger partial charge in [-0.2, -0.15) is 0 Å². The third-order valence-electron chi connectivity index (χ3n) is 10.1. The highest BCUT2D eigenvalue weighted by Gasteiger charge is 2.41. The molecule has 3 aromatic rings. The second kappa shape index (κ2) is 12.7. The number of hydrogen-bond acceptors (Lipinski definition) is 7. The molecule has 0 N–H and O–H groups in total. The second-order valence-electron chi connectivity index (χ2n) is 15.5. The maximum absolute atomic E-state index is 11.6. The van der Waals surface area contributed by atoms with Crippen LogP contribution in [0.5, 0.6) is 28.7 Å². The van der Waals surface area contributed by atoms with Gasteiger partial charge < -0.3 is 27.8 Å². The van der Waals surface area contributed by atoms with Crippen LogP contribution in [0.4, 0.5) is 0 Å². The first-order chi connectivity index (χ1) is 21.9. The molecule has 2 heterocycles. The van der Waals surface area contributed by atoms with Crippen molar-refractivity contribution in [1.29, 1.82) is 0 Å². The van der Waals surface area contributed by atoms with E-state index in [1.165, 1.54) is 12.7 Å². The van der Waals surface area contributed by atoms with Crippen LogP contribution in [0, 0.1) is 0 Å². The summed E-state index contributed by atoms with van der Waals surface area (Å²) in [5, 5.41) is 0.136. The van der Waals surface area contributed by atoms with Crippen LogP contribution >= 0.6 is 0 Å². The van der Waals surface area contributed by atoms with E-state index in [9.17, 15) is 4.79 Å². The highest BCUT2D eigenvalue weighted by Crippen LogP contribution is 2.53. The number of hydrogen-bond donors (Lipinski definition) is 0. The minimum atomic E-state index is -2.07. The van der Waals surface area contributed by atoms with Crippen LogP contribution in [-0.2, 0) is 9.53 Å². The van der Waals surface area contributed by atoms with Gasteiger partial charge in [-0.05, 0) is 83.8 Å². The van der Waals surface area contributed by atoms with Gasteiger partial charge in [0.1, 0.15) is 34.9 Å². The normalized spacial score (nSPS) is 16.4. The number of benzene rings is 3. The summed E-state index contributed by atoms with van der Waals surface area (Å²) in [6, 6.07) is 20.2. The minimum Gasteiger partial charge on any atom is -0.543 e. The topological polar surface area (TPSA) is 72.5 Å². The zero-order valence-corrected chi connectivity index (χ0v) is 31.8. The van der Waals surface area contributed by atoms with E-state index in [0.717, 1.165) is 51.7 Å². The highest BCUT2D eigenvalue weighted by atomic mass is 28.4. The molecule has 0 bridgehead atoms. The number of fused-ring (bicyclic) bond motifs is 4. The van der Waals surface area contributed by atoms with Gasteiger partial charge in [-0.25, -0.2) is 4.79 Å². The lowest BCUT2D eigenvalue weighted by atomic mass is 9.84. The molecule has 0 saturated heterocycles. The minimum absolute atomic E-state index is 0.0646. The predicted octanol–water partition coefficient (Wildman–Crippen LogP) is 9.83. The molecule has 5 rings (SSSR count). The number of rotatable bonds is 8. The lowest BCUT2D eigenvalue weighted by Gasteiger charge is -2.37. The number of esters is 1. The Kier molecular flexibility index (Phi) is 9.38. The maximum atomic E-state index is 11.6. The Labute approximate surface area is 282 Å². The van der Waals surface area contributed by atoms with Gasteiger partial charge in [0.15, 0.2) is 6.61 Å². The standard InChI is InChI=1S/C38H50O7Si2/c1-37(2,3)46(8,9)44-27-17-19-31-32(22-27)41-21-20-30-29-18-16-28(45-47(10,11)38(4,5)6)23-33(29)43-36(35(30)31)25-12-14-26(15-13-25)42-24-34(39)40-7/h12-19,22-23,36H,20-21,24H2,1-11H3. The van der Waals surface area contributed by atoms with Crippen molar-refractivity contribution < 1.29 is 32.6 Å². The van der Waals surface area contributed by atoms with Crippen LogP contribution in [0.25, 0.3) is 11.1 Å². The Bertz CT molecular complexity index is 1660. The number of ether oxygens (including phenoxy) is 4. The van der Waals surface area contributed by atoms with Gasteiger partial charge in [0, 0.05) is 35.3 Å². The fourth-order valence-electron chi connectivity index (χ4n) is 5.22. The molecule has 252 valence electrons. The highest BCUT2D eigenvalue weighted by molar-refractivity contribution is 6.75. The monoisotopic (exact) mass is 674 g/mol. The quantitative estimate of drug-likeness (QED) is 0.174. The maximum Gasteiger partial charge on any atom is 0.343 e. The molecule has 9 heteroatoms. The summed E-state index contributed by atoms with van der Waals surface area (Å²) in [6.45, 7) is 22.8. The van der Waals surface area contributed by atoms with Crippen molar-refractivity contribution >= 4 is 33.8 Å². The SMILES string of the molecule is COC(=O)COc1ccc(C2Oc3cc(O[Si](C)(C)C(C)(C)C)ccc3C3=C2c2ccc(O[Si](C)(C)C(C)(C)C)cc2OCC3)cc1. The molecule has 7 nitrogen and oxygen atoms in total. The molecule has 47 heavy (non-hydrogen) atoms. The van der Waals surface area contributed by atoms with E-state index in [-0.39, 0.29) is 16.7 Å². The summed E-state index contributed by atoms with van der Waals surface area (Å²) in [7, 11) is -2.77. The van der Waals surface area contributed by atoms with Gasteiger partial charge in [-0.1, -0.05) is 53.7 Å². The van der Waals surface area contributed by atoms with Gasteiger partial charge in [0.2, 0.25) is 16.6 Å². The van der Waals surface area contributed by atoms with Crippen LogP contribution < -0.4 is 23.1 Å². The smallest absolute Gasteiger partial charge is 0.343 e. The summed E-state index contributed by atoms with van der Waals surface area (Å²) >= 11 is 0. The van der Waals surface area contributed by atoms with Gasteiger partial charge in [-0.15, -0.1) is 0 Å². The summed E-state index contributed by atoms with van der Waals surface area (Å²) in [5.74, 6) is 3.37. The lowest BCUT2D eigenvalue weighted by Crippen LogP contribution is -2.43. The summed E-state index contributed by atoms with van der Waals surface area (Å²) in [5.41, 5.74) is 5.26. The Morgan fingerprint density at radius 1 is 0.766 bits per heavy atom. The molecule has 1 unspecified atom stereocenters. The van der Waals surface area contributed by atoms with Gasteiger partial charge >= 0.3 is 5.97 Å². The van der Waals surface area contributed by atoms with Crippen molar-refractivity contribution in [2.45, 2.75) is 90.3 Å². The average Bonchev–Trinajstić information content (AvgIpc) is 3.17. The molecular weight excluding hydrogens is 625 g/mol. The van der Waals surface area contributed by atoms with E-state index < -0.39 is 28.7 Å². The molecule has 0 spiro atoms. The second-order valence-corrected chi connectivity index (χ2v) is 24.9. The van der Waals surface area contributed by atoms with Gasteiger partial charge in [0.05, 0.1) is 13.7 Å². The predicted molar refractivity (Wildman–Crippen MR) is 193 cm³/mol. The van der Waals surface area contributed by atoms with Crippen LogP contribution in [0.1, 0.15) is 70.8 Å². The van der Waals surface area contributed by atoms with E-state index in [2.05, 4.69) is 92.0 Å². The fourth-order valence-corrected chi connectivity index (χ4v) is 7.26. The first-order valence-corrected chi connectivity index (χ1v) is 22.2. The summed E-state index contributed by atoms with van der Waals surface area (Å²) in [6.07, 6.45) is 0.306. The zero-order chi connectivity index (χ0) is 34.4. The molecule has 2 aliphatic rings. The Morgan fingerprint density at radius 2 is 1.30 bits per heavy atom. The molecule has 0 amide bonds. The van der Waals surface area contributed by atoms with Crippen molar-refractivity contribution in [3.8, 4) is 28.7 Å². The fraction of sp³-hybridized carbons (Fsp3) is 0.447. The van der Waals surface area contributed by atoms with Crippen molar-refractivity contribution in [2.75, 3.05) is 20.3 Å². The zero-order valence-electron chi connectivity index (χ0n) is 29.8. The Morgan fingerprint density at radius 3 is 1.85 bits per heavy atom. The molecular formula is C38H50O7Si2. The molecule has 0 fully saturated rings. The van der Waals surface area contributed by atoms with E-state index in [0.29, 0.717) is 12.4 Å². The van der Waals surface area contributed by atoms with E-state index >= 15 is 0 Å². The molecule has 2 aliphatic heterocycles. The summed E-state index contributed by atoms with van der Waals surface area (Å²) < 4.78 is 37.1. The van der Waals surface area contributed by atoms with E-state index in [4.69, 9.17) is 27.8 Å². The average molecular weight is 675 g/mol. The molecule has 0 radical (unpaired) electrons. The Balaban J connectivity index is 1.59. The van der Waals surface area contributed by atoms with Crippen molar-refractivity contribution in [3.05, 3.63) is 77.4 Å². The molecule has 3 aromatic carbocycles. The molecule has 0 aliphatic carbocycles. The first-order valence-electron chi connectivity index (χ1n) is 16.4. The van der Waals surface area contributed by atoms with Gasteiger partial charge in [0.25, 0.3) is 0 Å². The van der Waals surface area contributed by atoms with Crippen LogP contribution in [0.2, 0.25) is 36.3 Å². The number of carbonyl (C=O) groups excluding carboxylic acids is 1. The van der Waals surface area contributed by atoms with Crippen LogP contribution in [-0.4, -0.2) is 42.9 Å². The first kappa shape index (κ1) is 34.6. The summed E-state index contributed by atoms with van der Waals surface area (Å²) in [4.78, 5) is 11.6. The van der Waals surface area contributed by atoms with Crippen LogP contribution in [0.15, 0.2) is 60.7 Å². The van der Waals surface area contributed by atoms with Crippen molar-refractivity contribution in [3.63, 3.8) is 0 Å². The van der Waals surface area contributed by atoms with Crippen LogP contribution in [0.3, 0.4) is 0 Å². The number of carbonyl (C=O) groups is 1. The lowest BCUT2D eigenvalue weighted by molar-refractivity contribution is -0.142. The molecule has 0 aromatic heterocycles.